The lowest BCUT2D eigenvalue weighted by Crippen LogP contribution is -2.35. The van der Waals surface area contributed by atoms with Gasteiger partial charge in [0.2, 0.25) is 11.8 Å². The van der Waals surface area contributed by atoms with Crippen LogP contribution in [0.4, 0.5) is 11.4 Å². The minimum atomic E-state index is -0.0675. The van der Waals surface area contributed by atoms with Crippen molar-refractivity contribution in [3.8, 4) is 0 Å². The highest BCUT2D eigenvalue weighted by Crippen LogP contribution is 2.24. The highest BCUT2D eigenvalue weighted by Gasteiger charge is 2.20. The molecule has 0 atom stereocenters. The molecule has 2 aromatic rings. The molecular weight excluding hydrogens is 318 g/mol. The molecule has 0 saturated carbocycles. The van der Waals surface area contributed by atoms with Crippen molar-refractivity contribution < 1.29 is 14.1 Å². The molecule has 0 radical (unpaired) electrons. The first-order valence-electron chi connectivity index (χ1n) is 8.66. The van der Waals surface area contributed by atoms with Gasteiger partial charge in [0.25, 0.3) is 0 Å². The summed E-state index contributed by atoms with van der Waals surface area (Å²) >= 11 is 0. The summed E-state index contributed by atoms with van der Waals surface area (Å²) in [6.45, 7) is 4.47. The summed E-state index contributed by atoms with van der Waals surface area (Å²) < 4.78 is 5.12. The quantitative estimate of drug-likeness (QED) is 0.904. The van der Waals surface area contributed by atoms with Crippen LogP contribution >= 0.6 is 0 Å². The van der Waals surface area contributed by atoms with Crippen molar-refractivity contribution in [1.29, 1.82) is 0 Å². The van der Waals surface area contributed by atoms with Crippen molar-refractivity contribution in [3.63, 3.8) is 0 Å². The van der Waals surface area contributed by atoms with Crippen molar-refractivity contribution in [2.75, 3.05) is 16.8 Å². The van der Waals surface area contributed by atoms with E-state index in [0.717, 1.165) is 42.1 Å². The zero-order chi connectivity index (χ0) is 17.8. The Morgan fingerprint density at radius 2 is 2.16 bits per heavy atom. The third kappa shape index (κ3) is 4.07. The topological polar surface area (TPSA) is 75.4 Å². The molecule has 0 unspecified atom stereocenters. The Hall–Kier alpha value is -2.63. The largest absolute Gasteiger partial charge is 0.361 e. The van der Waals surface area contributed by atoms with E-state index in [1.54, 1.807) is 4.90 Å². The summed E-state index contributed by atoms with van der Waals surface area (Å²) in [4.78, 5) is 26.1. The van der Waals surface area contributed by atoms with Crippen LogP contribution in [-0.4, -0.2) is 23.5 Å². The lowest BCUT2D eigenvalue weighted by Gasteiger charge is -2.27. The van der Waals surface area contributed by atoms with Crippen LogP contribution in [0.1, 0.15) is 42.7 Å². The standard InChI is InChI=1S/C19H23N3O3/c1-13-17(14(2)25-21-13)9-10-18(23)20-15-6-5-7-16(12-15)22-11-4-3-8-19(22)24/h5-7,12H,3-4,8-11H2,1-2H3,(H,20,23). The maximum Gasteiger partial charge on any atom is 0.226 e. The Morgan fingerprint density at radius 1 is 1.32 bits per heavy atom. The summed E-state index contributed by atoms with van der Waals surface area (Å²) in [5, 5.41) is 6.81. The Bertz CT molecular complexity index is 762. The Labute approximate surface area is 147 Å². The average Bonchev–Trinajstić information content (AvgIpc) is 2.92. The van der Waals surface area contributed by atoms with E-state index < -0.39 is 0 Å². The van der Waals surface area contributed by atoms with E-state index in [1.165, 1.54) is 0 Å². The highest BCUT2D eigenvalue weighted by atomic mass is 16.5. The molecule has 1 aliphatic rings. The van der Waals surface area contributed by atoms with E-state index in [9.17, 15) is 9.59 Å². The van der Waals surface area contributed by atoms with Crippen LogP contribution < -0.4 is 10.2 Å². The second-order valence-corrected chi connectivity index (χ2v) is 6.40. The molecule has 2 amide bonds. The molecule has 1 fully saturated rings. The van der Waals surface area contributed by atoms with Gasteiger partial charge in [-0.1, -0.05) is 11.2 Å². The van der Waals surface area contributed by atoms with Crippen LogP contribution in [0.3, 0.4) is 0 Å². The fourth-order valence-electron chi connectivity index (χ4n) is 3.15. The first kappa shape index (κ1) is 17.2. The highest BCUT2D eigenvalue weighted by molar-refractivity contribution is 5.96. The molecule has 1 aromatic heterocycles. The molecular formula is C19H23N3O3. The molecule has 6 heteroatoms. The van der Waals surface area contributed by atoms with Gasteiger partial charge in [-0.3, -0.25) is 9.59 Å². The number of nitrogens with zero attached hydrogens (tertiary/aromatic N) is 2. The number of benzene rings is 1. The van der Waals surface area contributed by atoms with Crippen molar-refractivity contribution in [1.82, 2.24) is 5.16 Å². The van der Waals surface area contributed by atoms with Gasteiger partial charge in [-0.25, -0.2) is 0 Å². The van der Waals surface area contributed by atoms with Crippen LogP contribution in [-0.2, 0) is 16.0 Å². The van der Waals surface area contributed by atoms with Crippen LogP contribution in [0.25, 0.3) is 0 Å². The lowest BCUT2D eigenvalue weighted by atomic mass is 10.1. The molecule has 1 saturated heterocycles. The summed E-state index contributed by atoms with van der Waals surface area (Å²) in [6.07, 6.45) is 3.51. The van der Waals surface area contributed by atoms with Crippen LogP contribution in [0.15, 0.2) is 28.8 Å². The van der Waals surface area contributed by atoms with E-state index in [0.29, 0.717) is 24.9 Å². The Balaban J connectivity index is 1.61. The number of hydrogen-bond donors (Lipinski definition) is 1. The van der Waals surface area contributed by atoms with Gasteiger partial charge < -0.3 is 14.7 Å². The number of aromatic nitrogens is 1. The molecule has 1 aliphatic heterocycles. The summed E-state index contributed by atoms with van der Waals surface area (Å²) in [7, 11) is 0. The van der Waals surface area contributed by atoms with Gasteiger partial charge in [0.05, 0.1) is 5.69 Å². The summed E-state index contributed by atoms with van der Waals surface area (Å²) in [6, 6.07) is 7.46. The molecule has 1 N–H and O–H groups in total. The SMILES string of the molecule is Cc1noc(C)c1CCC(=O)Nc1cccc(N2CCCCC2=O)c1. The Morgan fingerprint density at radius 3 is 2.88 bits per heavy atom. The van der Waals surface area contributed by atoms with Gasteiger partial charge >= 0.3 is 0 Å². The molecule has 0 aliphatic carbocycles. The number of carbonyl (C=O) groups is 2. The van der Waals surface area contributed by atoms with Crippen molar-refractivity contribution in [2.45, 2.75) is 46.0 Å². The third-order valence-corrected chi connectivity index (χ3v) is 4.55. The second kappa shape index (κ2) is 7.51. The zero-order valence-corrected chi connectivity index (χ0v) is 14.7. The molecule has 3 rings (SSSR count). The maximum atomic E-state index is 12.2. The van der Waals surface area contributed by atoms with Crippen molar-refractivity contribution >= 4 is 23.2 Å². The molecule has 2 heterocycles. The molecule has 25 heavy (non-hydrogen) atoms. The van der Waals surface area contributed by atoms with Gasteiger partial charge in [-0.15, -0.1) is 0 Å². The van der Waals surface area contributed by atoms with Crippen molar-refractivity contribution in [2.24, 2.45) is 0 Å². The molecule has 132 valence electrons. The van der Waals surface area contributed by atoms with Gasteiger partial charge in [0.1, 0.15) is 5.76 Å². The number of piperidine rings is 1. The monoisotopic (exact) mass is 341 g/mol. The number of rotatable bonds is 5. The number of anilines is 2. The predicted octanol–water partition coefficient (Wildman–Crippen LogP) is 3.38. The maximum absolute atomic E-state index is 12.2. The minimum absolute atomic E-state index is 0.0675. The van der Waals surface area contributed by atoms with Crippen LogP contribution in [0.5, 0.6) is 0 Å². The fourth-order valence-corrected chi connectivity index (χ4v) is 3.15. The Kier molecular flexibility index (Phi) is 5.16. The van der Waals surface area contributed by atoms with E-state index in [2.05, 4.69) is 10.5 Å². The first-order chi connectivity index (χ1) is 12.0. The first-order valence-corrected chi connectivity index (χ1v) is 8.66. The molecule has 1 aromatic carbocycles. The van der Waals surface area contributed by atoms with Crippen LogP contribution in [0, 0.1) is 13.8 Å². The van der Waals surface area contributed by atoms with Gasteiger partial charge in [-0.05, 0) is 51.3 Å². The average molecular weight is 341 g/mol. The van der Waals surface area contributed by atoms with Crippen molar-refractivity contribution in [3.05, 3.63) is 41.3 Å². The number of nitrogens with one attached hydrogen (secondary N) is 1. The summed E-state index contributed by atoms with van der Waals surface area (Å²) in [5.74, 6) is 0.839. The molecule has 6 nitrogen and oxygen atoms in total. The van der Waals surface area contributed by atoms with E-state index >= 15 is 0 Å². The summed E-state index contributed by atoms with van der Waals surface area (Å²) in [5.41, 5.74) is 3.37. The minimum Gasteiger partial charge on any atom is -0.361 e. The third-order valence-electron chi connectivity index (χ3n) is 4.55. The fraction of sp³-hybridized carbons (Fsp3) is 0.421. The second-order valence-electron chi connectivity index (χ2n) is 6.40. The van der Waals surface area contributed by atoms with Gasteiger partial charge in [0.15, 0.2) is 0 Å². The van der Waals surface area contributed by atoms with Gasteiger partial charge in [-0.2, -0.15) is 0 Å². The van der Waals surface area contributed by atoms with Gasteiger partial charge in [0, 0.05) is 36.3 Å². The van der Waals surface area contributed by atoms with E-state index in [4.69, 9.17) is 4.52 Å². The molecule has 0 spiro atoms. The zero-order valence-electron chi connectivity index (χ0n) is 14.7. The van der Waals surface area contributed by atoms with E-state index in [-0.39, 0.29) is 11.8 Å². The number of hydrogen-bond acceptors (Lipinski definition) is 4. The normalized spacial score (nSPS) is 14.6. The molecule has 0 bridgehead atoms. The number of amides is 2. The van der Waals surface area contributed by atoms with E-state index in [1.807, 2.05) is 38.1 Å². The lowest BCUT2D eigenvalue weighted by molar-refractivity contribution is -0.119. The van der Waals surface area contributed by atoms with Crippen LogP contribution in [0.2, 0.25) is 0 Å². The number of aryl methyl sites for hydroxylation is 2. The predicted molar refractivity (Wildman–Crippen MR) is 95.6 cm³/mol. The smallest absolute Gasteiger partial charge is 0.226 e. The number of carbonyl (C=O) groups excluding carboxylic acids is 2.